The maximum atomic E-state index is 11.7. The molecule has 1 aromatic carbocycles. The average Bonchev–Trinajstić information content (AvgIpc) is 2.22. The molecule has 0 fully saturated rings. The molecular weight excluding hydrogens is 270 g/mol. The van der Waals surface area contributed by atoms with Crippen molar-refractivity contribution in [2.75, 3.05) is 11.4 Å². The first-order valence-corrected chi connectivity index (χ1v) is 5.95. The maximum Gasteiger partial charge on any atom is 0.227 e. The summed E-state index contributed by atoms with van der Waals surface area (Å²) in [6, 6.07) is 5.79. The average molecular weight is 282 g/mol. The minimum absolute atomic E-state index is 0.00381. The molecule has 0 radical (unpaired) electrons. The topological polar surface area (TPSA) is 37.4 Å². The molecule has 0 saturated carbocycles. The van der Waals surface area contributed by atoms with E-state index < -0.39 is 0 Å². The van der Waals surface area contributed by atoms with E-state index in [-0.39, 0.29) is 18.2 Å². The number of carbonyl (C=O) groups excluding carboxylic acids is 2. The van der Waals surface area contributed by atoms with Crippen molar-refractivity contribution >= 4 is 33.3 Å². The van der Waals surface area contributed by atoms with E-state index >= 15 is 0 Å². The number of amides is 1. The quantitative estimate of drug-likeness (QED) is 0.834. The molecule has 1 heterocycles. The number of halogens is 1. The SMILES string of the molecule is CC(=O)CN1C(=O)CCc2cc(Br)ccc21. The molecule has 0 unspecified atom stereocenters. The van der Waals surface area contributed by atoms with Crippen LogP contribution < -0.4 is 4.90 Å². The van der Waals surface area contributed by atoms with E-state index in [2.05, 4.69) is 15.9 Å². The third-order valence-electron chi connectivity index (χ3n) is 2.62. The molecule has 4 heteroatoms. The normalized spacial score (nSPS) is 14.9. The summed E-state index contributed by atoms with van der Waals surface area (Å²) in [7, 11) is 0. The lowest BCUT2D eigenvalue weighted by molar-refractivity contribution is -0.122. The highest BCUT2D eigenvalue weighted by Crippen LogP contribution is 2.30. The van der Waals surface area contributed by atoms with E-state index in [9.17, 15) is 9.59 Å². The molecule has 0 N–H and O–H groups in total. The van der Waals surface area contributed by atoms with Gasteiger partial charge in [0, 0.05) is 16.6 Å². The number of Topliss-reactive ketones (excluding diaryl/α,β-unsaturated/α-hetero) is 1. The van der Waals surface area contributed by atoms with Crippen molar-refractivity contribution in [3.8, 4) is 0 Å². The van der Waals surface area contributed by atoms with Gasteiger partial charge in [-0.15, -0.1) is 0 Å². The lowest BCUT2D eigenvalue weighted by Gasteiger charge is -2.28. The molecular formula is C12H12BrNO2. The predicted octanol–water partition coefficient (Wildman–Crippen LogP) is 2.32. The van der Waals surface area contributed by atoms with E-state index in [4.69, 9.17) is 0 Å². The number of nitrogens with zero attached hydrogens (tertiary/aromatic N) is 1. The van der Waals surface area contributed by atoms with E-state index in [1.807, 2.05) is 18.2 Å². The standard InChI is InChI=1S/C12H12BrNO2/c1-8(15)7-14-11-4-3-10(13)6-9(11)2-5-12(14)16/h3-4,6H,2,5,7H2,1H3. The van der Waals surface area contributed by atoms with Crippen molar-refractivity contribution in [3.63, 3.8) is 0 Å². The van der Waals surface area contributed by atoms with Crippen LogP contribution >= 0.6 is 15.9 Å². The Kier molecular flexibility index (Phi) is 3.10. The fourth-order valence-electron chi connectivity index (χ4n) is 1.92. The van der Waals surface area contributed by atoms with Crippen LogP contribution in [0.1, 0.15) is 18.9 Å². The van der Waals surface area contributed by atoms with E-state index in [1.165, 1.54) is 6.92 Å². The third kappa shape index (κ3) is 2.16. The fraction of sp³-hybridized carbons (Fsp3) is 0.333. The van der Waals surface area contributed by atoms with Crippen molar-refractivity contribution in [1.82, 2.24) is 0 Å². The van der Waals surface area contributed by atoms with Gasteiger partial charge in [0.25, 0.3) is 0 Å². The second-order valence-corrected chi connectivity index (χ2v) is 4.87. The summed E-state index contributed by atoms with van der Waals surface area (Å²) in [5, 5.41) is 0. The van der Waals surface area contributed by atoms with Crippen molar-refractivity contribution in [1.29, 1.82) is 0 Å². The molecule has 0 aliphatic carbocycles. The molecule has 3 nitrogen and oxygen atoms in total. The maximum absolute atomic E-state index is 11.7. The van der Waals surface area contributed by atoms with Gasteiger partial charge in [0.05, 0.1) is 6.54 Å². The molecule has 0 aromatic heterocycles. The van der Waals surface area contributed by atoms with Crippen LogP contribution in [0.25, 0.3) is 0 Å². The number of rotatable bonds is 2. The first-order chi connectivity index (χ1) is 7.58. The van der Waals surface area contributed by atoms with Crippen molar-refractivity contribution < 1.29 is 9.59 Å². The number of hydrogen-bond donors (Lipinski definition) is 0. The molecule has 0 spiro atoms. The molecule has 84 valence electrons. The first-order valence-electron chi connectivity index (χ1n) is 5.16. The van der Waals surface area contributed by atoms with E-state index in [0.29, 0.717) is 6.42 Å². The number of hydrogen-bond acceptors (Lipinski definition) is 2. The van der Waals surface area contributed by atoms with Gasteiger partial charge in [0.2, 0.25) is 5.91 Å². The first kappa shape index (κ1) is 11.3. The molecule has 0 atom stereocenters. The Hall–Kier alpha value is -1.16. The Balaban J connectivity index is 2.40. The Morgan fingerprint density at radius 3 is 2.88 bits per heavy atom. The Labute approximate surface area is 103 Å². The summed E-state index contributed by atoms with van der Waals surface area (Å²) in [6.07, 6.45) is 1.23. The van der Waals surface area contributed by atoms with Gasteiger partial charge in [-0.1, -0.05) is 15.9 Å². The zero-order valence-electron chi connectivity index (χ0n) is 9.00. The number of benzene rings is 1. The van der Waals surface area contributed by atoms with Crippen LogP contribution in [-0.2, 0) is 16.0 Å². The lowest BCUT2D eigenvalue weighted by atomic mass is 10.0. The molecule has 2 rings (SSSR count). The van der Waals surface area contributed by atoms with Crippen molar-refractivity contribution in [2.24, 2.45) is 0 Å². The highest BCUT2D eigenvalue weighted by Gasteiger charge is 2.24. The minimum Gasteiger partial charge on any atom is -0.305 e. The number of ketones is 1. The van der Waals surface area contributed by atoms with Gasteiger partial charge >= 0.3 is 0 Å². The highest BCUT2D eigenvalue weighted by molar-refractivity contribution is 9.10. The molecule has 1 amide bonds. The number of carbonyl (C=O) groups is 2. The van der Waals surface area contributed by atoms with Gasteiger partial charge in [-0.05, 0) is 37.1 Å². The Morgan fingerprint density at radius 2 is 2.19 bits per heavy atom. The molecule has 1 aliphatic rings. The Morgan fingerprint density at radius 1 is 1.44 bits per heavy atom. The predicted molar refractivity (Wildman–Crippen MR) is 65.5 cm³/mol. The third-order valence-corrected chi connectivity index (χ3v) is 3.12. The molecule has 0 saturated heterocycles. The number of aryl methyl sites for hydroxylation is 1. The summed E-state index contributed by atoms with van der Waals surface area (Å²) in [6.45, 7) is 1.67. The van der Waals surface area contributed by atoms with Crippen LogP contribution in [0.15, 0.2) is 22.7 Å². The van der Waals surface area contributed by atoms with Gasteiger partial charge in [0.15, 0.2) is 0 Å². The van der Waals surface area contributed by atoms with Gasteiger partial charge in [-0.2, -0.15) is 0 Å². The second-order valence-electron chi connectivity index (χ2n) is 3.95. The summed E-state index contributed by atoms with van der Waals surface area (Å²) < 4.78 is 1.00. The van der Waals surface area contributed by atoms with Crippen LogP contribution in [0.4, 0.5) is 5.69 Å². The van der Waals surface area contributed by atoms with Gasteiger partial charge in [-0.3, -0.25) is 9.59 Å². The summed E-state index contributed by atoms with van der Waals surface area (Å²) in [4.78, 5) is 24.4. The molecule has 0 bridgehead atoms. The van der Waals surface area contributed by atoms with Crippen LogP contribution in [0.5, 0.6) is 0 Å². The number of fused-ring (bicyclic) bond motifs is 1. The largest absolute Gasteiger partial charge is 0.305 e. The molecule has 1 aliphatic heterocycles. The van der Waals surface area contributed by atoms with Gasteiger partial charge in [-0.25, -0.2) is 0 Å². The zero-order chi connectivity index (χ0) is 11.7. The molecule has 1 aromatic rings. The zero-order valence-corrected chi connectivity index (χ0v) is 10.6. The lowest BCUT2D eigenvalue weighted by Crippen LogP contribution is -2.38. The monoisotopic (exact) mass is 281 g/mol. The summed E-state index contributed by atoms with van der Waals surface area (Å²) in [5.74, 6) is 0.0362. The van der Waals surface area contributed by atoms with Crippen LogP contribution in [0, 0.1) is 0 Å². The summed E-state index contributed by atoms with van der Waals surface area (Å²) >= 11 is 3.41. The van der Waals surface area contributed by atoms with Gasteiger partial charge < -0.3 is 4.90 Å². The van der Waals surface area contributed by atoms with Crippen LogP contribution in [-0.4, -0.2) is 18.2 Å². The second kappa shape index (κ2) is 4.37. The molecule has 16 heavy (non-hydrogen) atoms. The number of anilines is 1. The Bertz CT molecular complexity index is 456. The van der Waals surface area contributed by atoms with Crippen molar-refractivity contribution in [2.45, 2.75) is 19.8 Å². The fourth-order valence-corrected chi connectivity index (χ4v) is 2.33. The smallest absolute Gasteiger partial charge is 0.227 e. The van der Waals surface area contributed by atoms with E-state index in [0.717, 1.165) is 22.1 Å². The van der Waals surface area contributed by atoms with Crippen molar-refractivity contribution in [3.05, 3.63) is 28.2 Å². The summed E-state index contributed by atoms with van der Waals surface area (Å²) in [5.41, 5.74) is 1.99. The minimum atomic E-state index is 0.00381. The van der Waals surface area contributed by atoms with Crippen LogP contribution in [0.2, 0.25) is 0 Å². The highest BCUT2D eigenvalue weighted by atomic mass is 79.9. The van der Waals surface area contributed by atoms with Crippen LogP contribution in [0.3, 0.4) is 0 Å². The van der Waals surface area contributed by atoms with E-state index in [1.54, 1.807) is 4.90 Å². The van der Waals surface area contributed by atoms with Gasteiger partial charge in [0.1, 0.15) is 5.78 Å².